The van der Waals surface area contributed by atoms with Crippen molar-refractivity contribution < 1.29 is 9.90 Å². The summed E-state index contributed by atoms with van der Waals surface area (Å²) >= 11 is 5.26. The highest BCUT2D eigenvalue weighted by Crippen LogP contribution is 2.22. The SMILES string of the molecule is O=C(O)c1ccc(C=Nn2c(-c3cc(-c4ccccc4)n[nH]3)n[nH]c2=S)cc1. The van der Waals surface area contributed by atoms with Gasteiger partial charge >= 0.3 is 5.97 Å². The average Bonchev–Trinajstić information content (AvgIpc) is 3.34. The summed E-state index contributed by atoms with van der Waals surface area (Å²) in [6, 6.07) is 18.0. The van der Waals surface area contributed by atoms with Crippen molar-refractivity contribution in [3.05, 3.63) is 76.6 Å². The second-order valence-corrected chi connectivity index (χ2v) is 6.26. The fraction of sp³-hybridized carbons (Fsp3) is 0. The van der Waals surface area contributed by atoms with Gasteiger partial charge < -0.3 is 5.11 Å². The first kappa shape index (κ1) is 17.6. The van der Waals surface area contributed by atoms with Crippen LogP contribution in [-0.4, -0.2) is 42.4 Å². The number of carboxylic acid groups (broad SMARTS) is 1. The Balaban J connectivity index is 1.64. The average molecular weight is 390 g/mol. The van der Waals surface area contributed by atoms with E-state index >= 15 is 0 Å². The Morgan fingerprint density at radius 3 is 2.54 bits per heavy atom. The summed E-state index contributed by atoms with van der Waals surface area (Å²) < 4.78 is 1.80. The molecule has 2 heterocycles. The highest BCUT2D eigenvalue weighted by molar-refractivity contribution is 7.71. The van der Waals surface area contributed by atoms with Crippen molar-refractivity contribution in [3.8, 4) is 22.8 Å². The summed E-state index contributed by atoms with van der Waals surface area (Å²) in [5, 5.41) is 27.6. The van der Waals surface area contributed by atoms with E-state index in [1.165, 1.54) is 16.8 Å². The first-order valence-corrected chi connectivity index (χ1v) is 8.69. The predicted octanol–water partition coefficient (Wildman–Crippen LogP) is 3.58. The smallest absolute Gasteiger partial charge is 0.335 e. The van der Waals surface area contributed by atoms with E-state index in [4.69, 9.17) is 17.3 Å². The van der Waals surface area contributed by atoms with Crippen molar-refractivity contribution in [3.63, 3.8) is 0 Å². The van der Waals surface area contributed by atoms with Crippen LogP contribution < -0.4 is 0 Å². The van der Waals surface area contributed by atoms with Gasteiger partial charge in [0.15, 0.2) is 0 Å². The van der Waals surface area contributed by atoms with Gasteiger partial charge in [0, 0.05) is 5.56 Å². The summed E-state index contributed by atoms with van der Waals surface area (Å²) in [6.07, 6.45) is 1.58. The molecule has 0 bridgehead atoms. The molecule has 0 unspecified atom stereocenters. The second kappa shape index (κ2) is 7.41. The van der Waals surface area contributed by atoms with E-state index in [1.807, 2.05) is 36.4 Å². The molecule has 0 spiro atoms. The van der Waals surface area contributed by atoms with Gasteiger partial charge in [-0.25, -0.2) is 9.89 Å². The van der Waals surface area contributed by atoms with Crippen LogP contribution in [0.3, 0.4) is 0 Å². The van der Waals surface area contributed by atoms with Crippen LogP contribution in [-0.2, 0) is 0 Å². The zero-order valence-electron chi connectivity index (χ0n) is 14.4. The van der Waals surface area contributed by atoms with Crippen LogP contribution in [0.2, 0.25) is 0 Å². The van der Waals surface area contributed by atoms with E-state index < -0.39 is 5.97 Å². The molecule has 0 fully saturated rings. The lowest BCUT2D eigenvalue weighted by Crippen LogP contribution is -1.97. The van der Waals surface area contributed by atoms with Gasteiger partial charge in [-0.3, -0.25) is 5.10 Å². The molecule has 138 valence electrons. The lowest BCUT2D eigenvalue weighted by Gasteiger charge is -1.98. The van der Waals surface area contributed by atoms with Crippen LogP contribution in [0.1, 0.15) is 15.9 Å². The van der Waals surface area contributed by atoms with Crippen LogP contribution in [0.15, 0.2) is 65.8 Å². The minimum absolute atomic E-state index is 0.212. The number of nitrogens with zero attached hydrogens (tertiary/aromatic N) is 4. The summed E-state index contributed by atoms with van der Waals surface area (Å²) in [4.78, 5) is 10.9. The number of aromatic carboxylic acids is 1. The number of hydrogen-bond acceptors (Lipinski definition) is 5. The number of rotatable bonds is 5. The molecule has 0 aliphatic heterocycles. The standard InChI is InChI=1S/C19H14N6O2S/c26-18(27)14-8-6-12(7-9-14)11-20-25-17(23-24-19(25)28)16-10-15(21-22-16)13-4-2-1-3-5-13/h1-11H,(H,21,22)(H,24,28)(H,26,27). The highest BCUT2D eigenvalue weighted by Gasteiger charge is 2.12. The monoisotopic (exact) mass is 390 g/mol. The molecule has 0 amide bonds. The van der Waals surface area contributed by atoms with Gasteiger partial charge in [0.1, 0.15) is 5.69 Å². The molecule has 28 heavy (non-hydrogen) atoms. The zero-order valence-corrected chi connectivity index (χ0v) is 15.2. The van der Waals surface area contributed by atoms with Crippen molar-refractivity contribution in [1.82, 2.24) is 25.1 Å². The Bertz CT molecular complexity index is 1210. The van der Waals surface area contributed by atoms with Crippen LogP contribution in [0.4, 0.5) is 0 Å². The fourth-order valence-corrected chi connectivity index (χ4v) is 2.78. The number of H-pyrrole nitrogens is 2. The number of hydrogen-bond donors (Lipinski definition) is 3. The summed E-state index contributed by atoms with van der Waals surface area (Å²) in [6.45, 7) is 0. The Kier molecular flexibility index (Phi) is 4.65. The first-order chi connectivity index (χ1) is 13.6. The van der Waals surface area contributed by atoms with Gasteiger partial charge in [0.05, 0.1) is 17.5 Å². The largest absolute Gasteiger partial charge is 0.478 e. The van der Waals surface area contributed by atoms with E-state index in [0.717, 1.165) is 16.8 Å². The van der Waals surface area contributed by atoms with Crippen molar-refractivity contribution in [2.24, 2.45) is 5.10 Å². The third-order valence-corrected chi connectivity index (χ3v) is 4.28. The van der Waals surface area contributed by atoms with Crippen molar-refractivity contribution in [2.45, 2.75) is 0 Å². The van der Waals surface area contributed by atoms with E-state index in [-0.39, 0.29) is 5.56 Å². The maximum atomic E-state index is 10.9. The molecule has 0 saturated carbocycles. The van der Waals surface area contributed by atoms with Gasteiger partial charge in [-0.15, -0.1) is 0 Å². The van der Waals surface area contributed by atoms with Crippen molar-refractivity contribution >= 4 is 24.4 Å². The quantitative estimate of drug-likeness (QED) is 0.356. The Labute approximate surface area is 164 Å². The zero-order chi connectivity index (χ0) is 19.5. The van der Waals surface area contributed by atoms with Crippen LogP contribution in [0.25, 0.3) is 22.8 Å². The molecule has 4 rings (SSSR count). The van der Waals surface area contributed by atoms with Crippen molar-refractivity contribution in [2.75, 3.05) is 0 Å². The molecular weight excluding hydrogens is 376 g/mol. The Hall–Kier alpha value is -3.85. The molecule has 2 aromatic heterocycles. The lowest BCUT2D eigenvalue weighted by atomic mass is 10.1. The third-order valence-electron chi connectivity index (χ3n) is 4.02. The van der Waals surface area contributed by atoms with E-state index in [2.05, 4.69) is 25.5 Å². The number of carbonyl (C=O) groups is 1. The van der Waals surface area contributed by atoms with Crippen LogP contribution >= 0.6 is 12.2 Å². The Morgan fingerprint density at radius 1 is 1.07 bits per heavy atom. The number of nitrogens with one attached hydrogen (secondary N) is 2. The topological polar surface area (TPSA) is 112 Å². The van der Waals surface area contributed by atoms with Gasteiger partial charge in [-0.1, -0.05) is 42.5 Å². The molecule has 0 saturated heterocycles. The molecule has 0 aliphatic rings. The molecule has 2 aromatic carbocycles. The number of aromatic nitrogens is 5. The molecular formula is C19H14N6O2S. The molecule has 3 N–H and O–H groups in total. The maximum Gasteiger partial charge on any atom is 0.335 e. The summed E-state index contributed by atoms with van der Waals surface area (Å²) in [5.41, 5.74) is 3.36. The van der Waals surface area contributed by atoms with Gasteiger partial charge in [-0.05, 0) is 36.0 Å². The summed E-state index contributed by atoms with van der Waals surface area (Å²) in [7, 11) is 0. The second-order valence-electron chi connectivity index (χ2n) is 5.87. The first-order valence-electron chi connectivity index (χ1n) is 8.28. The molecule has 9 heteroatoms. The van der Waals surface area contributed by atoms with E-state index in [1.54, 1.807) is 18.3 Å². The van der Waals surface area contributed by atoms with Crippen LogP contribution in [0.5, 0.6) is 0 Å². The Morgan fingerprint density at radius 2 is 1.82 bits per heavy atom. The van der Waals surface area contributed by atoms with Crippen LogP contribution in [0, 0.1) is 4.77 Å². The number of carboxylic acids is 1. The minimum atomic E-state index is -0.976. The fourth-order valence-electron chi connectivity index (χ4n) is 2.60. The molecule has 0 atom stereocenters. The minimum Gasteiger partial charge on any atom is -0.478 e. The van der Waals surface area contributed by atoms with E-state index in [9.17, 15) is 4.79 Å². The third kappa shape index (κ3) is 3.51. The summed E-state index contributed by atoms with van der Waals surface area (Å²) in [5.74, 6) is -0.491. The molecule has 4 aromatic rings. The maximum absolute atomic E-state index is 10.9. The predicted molar refractivity (Wildman–Crippen MR) is 107 cm³/mol. The highest BCUT2D eigenvalue weighted by atomic mass is 32.1. The van der Waals surface area contributed by atoms with Gasteiger partial charge in [0.2, 0.25) is 10.6 Å². The normalized spacial score (nSPS) is 11.1. The van der Waals surface area contributed by atoms with E-state index in [0.29, 0.717) is 16.3 Å². The lowest BCUT2D eigenvalue weighted by molar-refractivity contribution is 0.0697. The van der Waals surface area contributed by atoms with Gasteiger partial charge in [0.25, 0.3) is 0 Å². The van der Waals surface area contributed by atoms with Crippen molar-refractivity contribution in [1.29, 1.82) is 0 Å². The molecule has 8 nitrogen and oxygen atoms in total. The molecule has 0 aliphatic carbocycles. The number of aromatic amines is 2. The van der Waals surface area contributed by atoms with Gasteiger partial charge in [-0.2, -0.15) is 20.0 Å². The number of benzene rings is 2. The molecule has 0 radical (unpaired) electrons.